The largest absolute Gasteiger partial charge is 0.354 e. The van der Waals surface area contributed by atoms with Crippen LogP contribution in [0.3, 0.4) is 0 Å². The lowest BCUT2D eigenvalue weighted by atomic mass is 10.2. The summed E-state index contributed by atoms with van der Waals surface area (Å²) >= 11 is 3.18. The third-order valence-corrected chi connectivity index (χ3v) is 6.44. The molecule has 2 aromatic rings. The number of nitrogens with zero attached hydrogens (tertiary/aromatic N) is 1. The molecule has 27 heavy (non-hydrogen) atoms. The third-order valence-electron chi connectivity index (χ3n) is 3.91. The van der Waals surface area contributed by atoms with Gasteiger partial charge in [-0.2, -0.15) is 4.31 Å². The van der Waals surface area contributed by atoms with Gasteiger partial charge in [0.25, 0.3) is 5.91 Å². The fourth-order valence-electron chi connectivity index (χ4n) is 2.57. The number of carbonyl (C=O) groups is 2. The minimum absolute atomic E-state index is 0.0479. The number of anilines is 1. The molecule has 0 atom stereocenters. The van der Waals surface area contributed by atoms with Crippen molar-refractivity contribution in [3.63, 3.8) is 0 Å². The van der Waals surface area contributed by atoms with Crippen molar-refractivity contribution in [3.05, 3.63) is 58.3 Å². The molecule has 0 radical (unpaired) electrons. The molecule has 1 saturated heterocycles. The van der Waals surface area contributed by atoms with Gasteiger partial charge >= 0.3 is 0 Å². The van der Waals surface area contributed by atoms with Crippen molar-refractivity contribution in [2.24, 2.45) is 0 Å². The molecule has 3 rings (SSSR count). The Morgan fingerprint density at radius 2 is 2.00 bits per heavy atom. The van der Waals surface area contributed by atoms with Crippen LogP contribution >= 0.6 is 15.9 Å². The molecule has 1 aliphatic rings. The van der Waals surface area contributed by atoms with Crippen LogP contribution in [0.25, 0.3) is 0 Å². The lowest BCUT2D eigenvalue weighted by Gasteiger charge is -2.26. The maximum atomic E-state index is 13.4. The van der Waals surface area contributed by atoms with Crippen molar-refractivity contribution in [3.8, 4) is 0 Å². The van der Waals surface area contributed by atoms with Crippen LogP contribution in [0.15, 0.2) is 51.8 Å². The monoisotopic (exact) mass is 455 g/mol. The van der Waals surface area contributed by atoms with Gasteiger partial charge in [0, 0.05) is 23.2 Å². The summed E-state index contributed by atoms with van der Waals surface area (Å²) in [4.78, 5) is 23.8. The van der Waals surface area contributed by atoms with Gasteiger partial charge in [-0.25, -0.2) is 12.8 Å². The Morgan fingerprint density at radius 1 is 1.22 bits per heavy atom. The van der Waals surface area contributed by atoms with Crippen LogP contribution in [0.4, 0.5) is 10.1 Å². The second-order valence-corrected chi connectivity index (χ2v) is 8.59. The predicted molar refractivity (Wildman–Crippen MR) is 100 cm³/mol. The van der Waals surface area contributed by atoms with Crippen molar-refractivity contribution in [1.82, 2.24) is 9.62 Å². The molecule has 0 spiro atoms. The number of hydrogen-bond acceptors (Lipinski definition) is 4. The fraction of sp³-hybridized carbons (Fsp3) is 0.176. The Morgan fingerprint density at radius 3 is 2.74 bits per heavy atom. The van der Waals surface area contributed by atoms with Crippen molar-refractivity contribution < 1.29 is 22.4 Å². The number of amides is 2. The van der Waals surface area contributed by atoms with Crippen LogP contribution in [0.2, 0.25) is 0 Å². The summed E-state index contributed by atoms with van der Waals surface area (Å²) in [5.41, 5.74) is 0.314. The van der Waals surface area contributed by atoms with E-state index < -0.39 is 21.7 Å². The van der Waals surface area contributed by atoms with E-state index in [-0.39, 0.29) is 41.7 Å². The second kappa shape index (κ2) is 7.75. The van der Waals surface area contributed by atoms with Gasteiger partial charge in [-0.05, 0) is 52.3 Å². The molecule has 0 aliphatic carbocycles. The number of hydrogen-bond donors (Lipinski definition) is 2. The van der Waals surface area contributed by atoms with E-state index in [1.54, 1.807) is 0 Å². The van der Waals surface area contributed by atoms with E-state index >= 15 is 0 Å². The molecule has 10 heteroatoms. The lowest BCUT2D eigenvalue weighted by Crippen LogP contribution is -2.49. The molecule has 1 aliphatic heterocycles. The van der Waals surface area contributed by atoms with E-state index in [0.29, 0.717) is 4.47 Å². The Hall–Kier alpha value is -2.30. The molecule has 0 aromatic heterocycles. The summed E-state index contributed by atoms with van der Waals surface area (Å²) in [6.45, 7) is 0.151. The highest BCUT2D eigenvalue weighted by atomic mass is 79.9. The summed E-state index contributed by atoms with van der Waals surface area (Å²) < 4.78 is 40.3. The molecule has 7 nitrogen and oxygen atoms in total. The first kappa shape index (κ1) is 19.5. The Kier molecular flexibility index (Phi) is 5.59. The van der Waals surface area contributed by atoms with Gasteiger partial charge in [0.1, 0.15) is 5.82 Å². The molecular formula is C17H15BrFN3O4S. The number of sulfonamides is 1. The van der Waals surface area contributed by atoms with Gasteiger partial charge < -0.3 is 10.6 Å². The topological polar surface area (TPSA) is 95.6 Å². The minimum atomic E-state index is -3.88. The third kappa shape index (κ3) is 4.34. The van der Waals surface area contributed by atoms with Gasteiger partial charge in [0.15, 0.2) is 0 Å². The van der Waals surface area contributed by atoms with E-state index in [9.17, 15) is 22.4 Å². The van der Waals surface area contributed by atoms with E-state index in [2.05, 4.69) is 26.6 Å². The first-order chi connectivity index (χ1) is 12.8. The lowest BCUT2D eigenvalue weighted by molar-refractivity contribution is -0.122. The highest BCUT2D eigenvalue weighted by Crippen LogP contribution is 2.23. The smallest absolute Gasteiger partial charge is 0.256 e. The first-order valence-electron chi connectivity index (χ1n) is 7.91. The summed E-state index contributed by atoms with van der Waals surface area (Å²) in [7, 11) is -3.88. The zero-order chi connectivity index (χ0) is 19.6. The van der Waals surface area contributed by atoms with E-state index in [0.717, 1.165) is 10.4 Å². The zero-order valence-corrected chi connectivity index (χ0v) is 16.3. The van der Waals surface area contributed by atoms with Gasteiger partial charge in [-0.15, -0.1) is 0 Å². The van der Waals surface area contributed by atoms with E-state index in [4.69, 9.17) is 0 Å². The average Bonchev–Trinajstić information content (AvgIpc) is 2.64. The van der Waals surface area contributed by atoms with Gasteiger partial charge in [0.05, 0.1) is 17.0 Å². The second-order valence-electron chi connectivity index (χ2n) is 5.79. The van der Waals surface area contributed by atoms with Crippen LogP contribution in [0.5, 0.6) is 0 Å². The number of halogens is 2. The molecular weight excluding hydrogens is 441 g/mol. The van der Waals surface area contributed by atoms with Gasteiger partial charge in [-0.3, -0.25) is 9.59 Å². The Labute approximate surface area is 163 Å². The number of benzene rings is 2. The van der Waals surface area contributed by atoms with Crippen LogP contribution in [0, 0.1) is 5.82 Å². The van der Waals surface area contributed by atoms with Crippen LogP contribution in [-0.2, 0) is 14.8 Å². The van der Waals surface area contributed by atoms with Crippen LogP contribution in [-0.4, -0.2) is 44.2 Å². The van der Waals surface area contributed by atoms with E-state index in [1.165, 1.54) is 36.4 Å². The standard InChI is InChI=1S/C17H15BrFN3O4S/c18-15-5-4-11(19)8-14(15)17(24)21-12-2-1-3-13(9-12)27(25,26)22-7-6-20-16(23)10-22/h1-5,8-9H,6-7,10H2,(H,20,23)(H,21,24). The van der Waals surface area contributed by atoms with Crippen LogP contribution in [0.1, 0.15) is 10.4 Å². The number of rotatable bonds is 4. The highest BCUT2D eigenvalue weighted by molar-refractivity contribution is 9.10. The van der Waals surface area contributed by atoms with Crippen molar-refractivity contribution in [1.29, 1.82) is 0 Å². The summed E-state index contributed by atoms with van der Waals surface area (Å²) in [6.07, 6.45) is 0. The maximum absolute atomic E-state index is 13.4. The Balaban J connectivity index is 1.84. The van der Waals surface area contributed by atoms with E-state index in [1.807, 2.05) is 0 Å². The quantitative estimate of drug-likeness (QED) is 0.736. The van der Waals surface area contributed by atoms with Crippen molar-refractivity contribution >= 4 is 43.5 Å². The first-order valence-corrected chi connectivity index (χ1v) is 10.1. The number of piperazine rings is 1. The number of nitrogens with one attached hydrogen (secondary N) is 2. The summed E-state index contributed by atoms with van der Waals surface area (Å²) in [5.74, 6) is -1.53. The molecule has 2 N–H and O–H groups in total. The highest BCUT2D eigenvalue weighted by Gasteiger charge is 2.29. The Bertz CT molecular complexity index is 1010. The fourth-order valence-corrected chi connectivity index (χ4v) is 4.44. The molecule has 1 heterocycles. The molecule has 0 bridgehead atoms. The van der Waals surface area contributed by atoms with Gasteiger partial charge in [0.2, 0.25) is 15.9 Å². The summed E-state index contributed by atoms with van der Waals surface area (Å²) in [6, 6.07) is 9.38. The maximum Gasteiger partial charge on any atom is 0.256 e. The molecule has 142 valence electrons. The van der Waals surface area contributed by atoms with Crippen molar-refractivity contribution in [2.45, 2.75) is 4.90 Å². The van der Waals surface area contributed by atoms with Crippen LogP contribution < -0.4 is 10.6 Å². The SMILES string of the molecule is O=C1CN(S(=O)(=O)c2cccc(NC(=O)c3cc(F)ccc3Br)c2)CCN1. The molecule has 2 amide bonds. The van der Waals surface area contributed by atoms with Crippen molar-refractivity contribution in [2.75, 3.05) is 25.0 Å². The molecule has 1 fully saturated rings. The molecule has 0 unspecified atom stereocenters. The zero-order valence-electron chi connectivity index (χ0n) is 13.9. The molecule has 2 aromatic carbocycles. The summed E-state index contributed by atoms with van der Waals surface area (Å²) in [5, 5.41) is 5.12. The normalized spacial score (nSPS) is 15.3. The predicted octanol–water partition coefficient (Wildman–Crippen LogP) is 1.96. The minimum Gasteiger partial charge on any atom is -0.354 e. The molecule has 0 saturated carbocycles. The number of carbonyl (C=O) groups excluding carboxylic acids is 2. The average molecular weight is 456 g/mol. The van der Waals surface area contributed by atoms with Gasteiger partial charge in [-0.1, -0.05) is 6.07 Å².